The molecule has 0 saturated carbocycles. The van der Waals surface area contributed by atoms with Gasteiger partial charge in [-0.05, 0) is 36.6 Å². The molecule has 2 N–H and O–H groups in total. The van der Waals surface area contributed by atoms with Crippen LogP contribution in [-0.2, 0) is 16.0 Å². The van der Waals surface area contributed by atoms with E-state index in [4.69, 9.17) is 5.26 Å². The van der Waals surface area contributed by atoms with Crippen LogP contribution in [0.4, 0.5) is 5.69 Å². The van der Waals surface area contributed by atoms with Crippen LogP contribution in [0.3, 0.4) is 0 Å². The first-order valence-corrected chi connectivity index (χ1v) is 7.32. The Morgan fingerprint density at radius 3 is 2.52 bits per heavy atom. The third kappa shape index (κ3) is 5.29. The zero-order valence-electron chi connectivity index (χ0n) is 12.6. The molecule has 0 heterocycles. The summed E-state index contributed by atoms with van der Waals surface area (Å²) in [4.78, 5) is 23.5. The van der Waals surface area contributed by atoms with E-state index < -0.39 is 11.8 Å². The van der Waals surface area contributed by atoms with Gasteiger partial charge in [-0.1, -0.05) is 36.4 Å². The van der Waals surface area contributed by atoms with Crippen LogP contribution in [0, 0.1) is 11.3 Å². The number of carbonyl (C=O) groups excluding carboxylic acids is 2. The third-order valence-corrected chi connectivity index (χ3v) is 3.23. The Kier molecular flexibility index (Phi) is 5.89. The first-order valence-electron chi connectivity index (χ1n) is 7.32. The Morgan fingerprint density at radius 2 is 1.78 bits per heavy atom. The molecule has 5 heteroatoms. The van der Waals surface area contributed by atoms with E-state index in [1.807, 2.05) is 36.4 Å². The number of nitriles is 1. The van der Waals surface area contributed by atoms with Crippen LogP contribution in [0.2, 0.25) is 0 Å². The number of amides is 2. The lowest BCUT2D eigenvalue weighted by atomic mass is 10.1. The van der Waals surface area contributed by atoms with Crippen LogP contribution in [0.1, 0.15) is 17.5 Å². The Balaban J connectivity index is 1.74. The van der Waals surface area contributed by atoms with E-state index in [9.17, 15) is 9.59 Å². The average Bonchev–Trinajstić information content (AvgIpc) is 2.59. The number of nitrogens with zero attached hydrogens (tertiary/aromatic N) is 1. The maximum atomic E-state index is 11.8. The molecule has 0 atom stereocenters. The highest BCUT2D eigenvalue weighted by Gasteiger charge is 2.13. The highest BCUT2D eigenvalue weighted by atomic mass is 16.2. The number of aryl methyl sites for hydroxylation is 1. The Morgan fingerprint density at radius 1 is 1.00 bits per heavy atom. The van der Waals surface area contributed by atoms with Crippen LogP contribution in [0.15, 0.2) is 54.6 Å². The fourth-order valence-corrected chi connectivity index (χ4v) is 2.07. The first kappa shape index (κ1) is 16.2. The van der Waals surface area contributed by atoms with E-state index in [-0.39, 0.29) is 0 Å². The smallest absolute Gasteiger partial charge is 0.313 e. The average molecular weight is 307 g/mol. The monoisotopic (exact) mass is 307 g/mol. The summed E-state index contributed by atoms with van der Waals surface area (Å²) in [6.07, 6.45) is 1.60. The minimum atomic E-state index is -0.736. The van der Waals surface area contributed by atoms with Crippen molar-refractivity contribution >= 4 is 17.5 Å². The van der Waals surface area contributed by atoms with Gasteiger partial charge in [-0.25, -0.2) is 0 Å². The molecular formula is C18H17N3O2. The molecule has 23 heavy (non-hydrogen) atoms. The van der Waals surface area contributed by atoms with E-state index in [0.717, 1.165) is 12.8 Å². The van der Waals surface area contributed by atoms with Gasteiger partial charge in [-0.3, -0.25) is 9.59 Å². The fourth-order valence-electron chi connectivity index (χ4n) is 2.07. The summed E-state index contributed by atoms with van der Waals surface area (Å²) in [7, 11) is 0. The van der Waals surface area contributed by atoms with Crippen LogP contribution in [0.25, 0.3) is 0 Å². The summed E-state index contributed by atoms with van der Waals surface area (Å²) in [5, 5.41) is 13.9. The molecule has 0 saturated heterocycles. The molecule has 2 rings (SSSR count). The number of hydrogen-bond acceptors (Lipinski definition) is 3. The summed E-state index contributed by atoms with van der Waals surface area (Å²) in [6.45, 7) is 0.430. The molecule has 0 aliphatic heterocycles. The van der Waals surface area contributed by atoms with Gasteiger partial charge in [0.1, 0.15) is 0 Å². The number of rotatable bonds is 5. The van der Waals surface area contributed by atoms with Crippen molar-refractivity contribution in [3.63, 3.8) is 0 Å². The molecule has 2 aromatic rings. The number of hydrogen-bond donors (Lipinski definition) is 2. The van der Waals surface area contributed by atoms with E-state index in [2.05, 4.69) is 10.6 Å². The lowest BCUT2D eigenvalue weighted by molar-refractivity contribution is -0.136. The predicted molar refractivity (Wildman–Crippen MR) is 87.6 cm³/mol. The molecule has 0 bridgehead atoms. The largest absolute Gasteiger partial charge is 0.348 e. The molecule has 116 valence electrons. The van der Waals surface area contributed by atoms with Gasteiger partial charge in [0.15, 0.2) is 0 Å². The Labute approximate surface area is 134 Å². The Hall–Kier alpha value is -3.13. The topological polar surface area (TPSA) is 82.0 Å². The van der Waals surface area contributed by atoms with Crippen molar-refractivity contribution in [3.05, 3.63) is 65.7 Å². The normalized spacial score (nSPS) is 9.70. The van der Waals surface area contributed by atoms with Crippen LogP contribution in [0.5, 0.6) is 0 Å². The zero-order chi connectivity index (χ0) is 16.5. The van der Waals surface area contributed by atoms with Crippen molar-refractivity contribution in [1.82, 2.24) is 5.32 Å². The molecule has 2 amide bonds. The van der Waals surface area contributed by atoms with Gasteiger partial charge in [-0.2, -0.15) is 5.26 Å². The summed E-state index contributed by atoms with van der Waals surface area (Å²) >= 11 is 0. The van der Waals surface area contributed by atoms with E-state index >= 15 is 0 Å². The van der Waals surface area contributed by atoms with Crippen LogP contribution >= 0.6 is 0 Å². The van der Waals surface area contributed by atoms with E-state index in [1.54, 1.807) is 18.2 Å². The van der Waals surface area contributed by atoms with Gasteiger partial charge in [0.2, 0.25) is 0 Å². The van der Waals surface area contributed by atoms with Gasteiger partial charge in [0.25, 0.3) is 0 Å². The molecule has 0 fully saturated rings. The molecule has 0 unspecified atom stereocenters. The molecular weight excluding hydrogens is 290 g/mol. The van der Waals surface area contributed by atoms with Crippen molar-refractivity contribution in [2.45, 2.75) is 12.8 Å². The van der Waals surface area contributed by atoms with Crippen molar-refractivity contribution in [3.8, 4) is 6.07 Å². The second kappa shape index (κ2) is 8.35. The minimum Gasteiger partial charge on any atom is -0.348 e. The summed E-state index contributed by atoms with van der Waals surface area (Å²) in [6, 6.07) is 18.3. The van der Waals surface area contributed by atoms with Crippen molar-refractivity contribution in [2.24, 2.45) is 0 Å². The van der Waals surface area contributed by atoms with Crippen molar-refractivity contribution in [1.29, 1.82) is 5.26 Å². The fraction of sp³-hybridized carbons (Fsp3) is 0.167. The zero-order valence-corrected chi connectivity index (χ0v) is 12.6. The van der Waals surface area contributed by atoms with Gasteiger partial charge >= 0.3 is 11.8 Å². The standard InChI is InChI=1S/C18H17N3O2/c19-13-15-8-4-10-16(12-15)21-18(23)17(22)20-11-5-9-14-6-2-1-3-7-14/h1-4,6-8,10,12H,5,9,11H2,(H,20,22)(H,21,23). The molecule has 0 aliphatic carbocycles. The highest BCUT2D eigenvalue weighted by Crippen LogP contribution is 2.09. The summed E-state index contributed by atoms with van der Waals surface area (Å²) < 4.78 is 0. The number of benzene rings is 2. The van der Waals surface area contributed by atoms with E-state index in [1.165, 1.54) is 11.6 Å². The first-order chi connectivity index (χ1) is 11.2. The van der Waals surface area contributed by atoms with Gasteiger partial charge in [0, 0.05) is 12.2 Å². The lowest BCUT2D eigenvalue weighted by Crippen LogP contribution is -2.36. The minimum absolute atomic E-state index is 0.422. The van der Waals surface area contributed by atoms with Crippen LogP contribution < -0.4 is 10.6 Å². The molecule has 0 aromatic heterocycles. The quantitative estimate of drug-likeness (QED) is 0.656. The SMILES string of the molecule is N#Cc1cccc(NC(=O)C(=O)NCCCc2ccccc2)c1. The molecule has 5 nitrogen and oxygen atoms in total. The Bertz CT molecular complexity index is 721. The lowest BCUT2D eigenvalue weighted by Gasteiger charge is -2.07. The van der Waals surface area contributed by atoms with Gasteiger partial charge < -0.3 is 10.6 Å². The predicted octanol–water partition coefficient (Wildman–Crippen LogP) is 2.25. The molecule has 2 aromatic carbocycles. The summed E-state index contributed by atoms with van der Waals surface area (Å²) in [5.74, 6) is -1.42. The maximum absolute atomic E-state index is 11.8. The van der Waals surface area contributed by atoms with E-state index in [0.29, 0.717) is 17.8 Å². The summed E-state index contributed by atoms with van der Waals surface area (Å²) in [5.41, 5.74) is 2.04. The second-order valence-corrected chi connectivity index (χ2v) is 4.99. The second-order valence-electron chi connectivity index (χ2n) is 4.99. The van der Waals surface area contributed by atoms with Crippen LogP contribution in [-0.4, -0.2) is 18.4 Å². The number of nitrogens with one attached hydrogen (secondary N) is 2. The maximum Gasteiger partial charge on any atom is 0.313 e. The molecule has 0 spiro atoms. The van der Waals surface area contributed by atoms with Crippen molar-refractivity contribution in [2.75, 3.05) is 11.9 Å². The third-order valence-electron chi connectivity index (χ3n) is 3.23. The molecule has 0 radical (unpaired) electrons. The van der Waals surface area contributed by atoms with Crippen molar-refractivity contribution < 1.29 is 9.59 Å². The number of carbonyl (C=O) groups is 2. The highest BCUT2D eigenvalue weighted by molar-refractivity contribution is 6.39. The van der Waals surface area contributed by atoms with Gasteiger partial charge in [0.05, 0.1) is 11.6 Å². The molecule has 0 aliphatic rings. The van der Waals surface area contributed by atoms with Gasteiger partial charge in [-0.15, -0.1) is 0 Å². The number of anilines is 1.